The number of rotatable bonds is 6. The Kier molecular flexibility index (Phi) is 6.90. The van der Waals surface area contributed by atoms with Crippen molar-refractivity contribution in [2.75, 3.05) is 42.5 Å². The second kappa shape index (κ2) is 10.0. The number of benzene rings is 1. The molecule has 1 atom stereocenters. The molecule has 0 aliphatic carbocycles. The normalized spacial score (nSPS) is 18.6. The summed E-state index contributed by atoms with van der Waals surface area (Å²) in [4.78, 5) is 32.8. The number of aromatic nitrogens is 2. The second-order valence-corrected chi connectivity index (χ2v) is 8.09. The van der Waals surface area contributed by atoms with Crippen molar-refractivity contribution in [1.29, 1.82) is 5.41 Å². The van der Waals surface area contributed by atoms with Crippen molar-refractivity contribution in [3.05, 3.63) is 53.9 Å². The zero-order valence-corrected chi connectivity index (χ0v) is 18.8. The predicted octanol–water partition coefficient (Wildman–Crippen LogP) is 2.59. The number of cyclic esters (lactones) is 1. The van der Waals surface area contributed by atoms with Crippen molar-refractivity contribution < 1.29 is 23.1 Å². The first-order chi connectivity index (χ1) is 16.4. The van der Waals surface area contributed by atoms with Crippen molar-refractivity contribution in [3.63, 3.8) is 0 Å². The maximum Gasteiger partial charge on any atom is 0.414 e. The van der Waals surface area contributed by atoms with Gasteiger partial charge in [0.25, 0.3) is 0 Å². The standard InChI is InChI=1S/C23H26F2N6O3/c1-2-17-15-31(23(33)34-17)16-13-18(24)21(19(25)14-16)29-11-9-28(10-12-29)20(32)5-3-7-30-8-4-6-27-22(30)26/h3-4,6-8,13-14,17,26H,2,5,9-12,15H2,1H3/b7-3+,26-22?. The maximum atomic E-state index is 14.9. The lowest BCUT2D eigenvalue weighted by atomic mass is 10.2. The number of nitrogens with zero attached hydrogens (tertiary/aromatic N) is 5. The van der Waals surface area contributed by atoms with Gasteiger partial charge in [0.1, 0.15) is 11.8 Å². The Hall–Kier alpha value is -3.76. The molecule has 2 aliphatic heterocycles. The first-order valence-corrected chi connectivity index (χ1v) is 11.1. The van der Waals surface area contributed by atoms with Gasteiger partial charge in [0.05, 0.1) is 12.2 Å². The summed E-state index contributed by atoms with van der Waals surface area (Å²) < 4.78 is 36.5. The van der Waals surface area contributed by atoms with E-state index in [9.17, 15) is 18.4 Å². The van der Waals surface area contributed by atoms with E-state index >= 15 is 0 Å². The monoisotopic (exact) mass is 472 g/mol. The number of anilines is 2. The van der Waals surface area contributed by atoms with Crippen LogP contribution in [0.4, 0.5) is 25.0 Å². The number of halogens is 2. The molecule has 34 heavy (non-hydrogen) atoms. The highest BCUT2D eigenvalue weighted by Gasteiger charge is 2.33. The zero-order valence-electron chi connectivity index (χ0n) is 18.8. The van der Waals surface area contributed by atoms with Crippen LogP contribution in [0, 0.1) is 17.0 Å². The van der Waals surface area contributed by atoms with Gasteiger partial charge in [-0.25, -0.2) is 18.6 Å². The predicted molar refractivity (Wildman–Crippen MR) is 121 cm³/mol. The van der Waals surface area contributed by atoms with Gasteiger partial charge in [0.2, 0.25) is 11.5 Å². The number of hydrogen-bond acceptors (Lipinski definition) is 6. The summed E-state index contributed by atoms with van der Waals surface area (Å²) in [6.45, 7) is 3.34. The van der Waals surface area contributed by atoms with Crippen molar-refractivity contribution in [3.8, 4) is 0 Å². The number of nitrogens with one attached hydrogen (secondary N) is 1. The van der Waals surface area contributed by atoms with Crippen LogP contribution in [0.25, 0.3) is 6.20 Å². The van der Waals surface area contributed by atoms with Crippen LogP contribution >= 0.6 is 0 Å². The van der Waals surface area contributed by atoms with E-state index in [1.54, 1.807) is 34.3 Å². The minimum absolute atomic E-state index is 0.0571. The summed E-state index contributed by atoms with van der Waals surface area (Å²) in [5.74, 6) is -1.63. The fraction of sp³-hybridized carbons (Fsp3) is 0.391. The summed E-state index contributed by atoms with van der Waals surface area (Å²) in [6, 6.07) is 3.99. The topological polar surface area (TPSA) is 94.8 Å². The van der Waals surface area contributed by atoms with Crippen molar-refractivity contribution in [2.45, 2.75) is 25.9 Å². The molecule has 2 aliphatic rings. The van der Waals surface area contributed by atoms with E-state index in [2.05, 4.69) is 4.98 Å². The molecular weight excluding hydrogens is 446 g/mol. The number of ether oxygens (including phenoxy) is 1. The first-order valence-electron chi connectivity index (χ1n) is 11.1. The summed E-state index contributed by atoms with van der Waals surface area (Å²) in [5.41, 5.74) is 0.0237. The zero-order chi connectivity index (χ0) is 24.2. The lowest BCUT2D eigenvalue weighted by Gasteiger charge is -2.36. The molecule has 1 N–H and O–H groups in total. The van der Waals surface area contributed by atoms with Crippen molar-refractivity contribution in [1.82, 2.24) is 14.5 Å². The number of piperazine rings is 1. The van der Waals surface area contributed by atoms with Gasteiger partial charge in [0.15, 0.2) is 11.6 Å². The Morgan fingerprint density at radius 1 is 1.24 bits per heavy atom. The molecule has 2 saturated heterocycles. The van der Waals surface area contributed by atoms with Gasteiger partial charge < -0.3 is 14.5 Å². The Bertz CT molecular complexity index is 1140. The molecule has 11 heteroatoms. The molecule has 2 aromatic rings. The average Bonchev–Trinajstić information content (AvgIpc) is 3.21. The molecule has 9 nitrogen and oxygen atoms in total. The van der Waals surface area contributed by atoms with Crippen molar-refractivity contribution >= 4 is 29.6 Å². The fourth-order valence-electron chi connectivity index (χ4n) is 4.03. The number of carbonyl (C=O) groups is 2. The van der Waals surface area contributed by atoms with Crippen LogP contribution in [0.15, 0.2) is 36.7 Å². The number of carbonyl (C=O) groups excluding carboxylic acids is 2. The third-order valence-corrected chi connectivity index (χ3v) is 5.92. The van der Waals surface area contributed by atoms with Crippen LogP contribution in [0.2, 0.25) is 0 Å². The first kappa shape index (κ1) is 23.4. The van der Waals surface area contributed by atoms with E-state index in [-0.39, 0.29) is 55.1 Å². The van der Waals surface area contributed by atoms with Gasteiger partial charge >= 0.3 is 6.09 Å². The summed E-state index contributed by atoms with van der Waals surface area (Å²) >= 11 is 0. The Morgan fingerprint density at radius 3 is 2.56 bits per heavy atom. The van der Waals surface area contributed by atoms with E-state index in [4.69, 9.17) is 10.1 Å². The molecule has 180 valence electrons. The maximum absolute atomic E-state index is 14.9. The van der Waals surface area contributed by atoms with Gasteiger partial charge in [-0.3, -0.25) is 19.7 Å². The lowest BCUT2D eigenvalue weighted by Crippen LogP contribution is -2.49. The summed E-state index contributed by atoms with van der Waals surface area (Å²) in [6.07, 6.45) is 6.29. The van der Waals surface area contributed by atoms with Gasteiger partial charge in [-0.15, -0.1) is 0 Å². The van der Waals surface area contributed by atoms with Crippen molar-refractivity contribution in [2.24, 2.45) is 0 Å². The van der Waals surface area contributed by atoms with Crippen LogP contribution in [0.3, 0.4) is 0 Å². The Balaban J connectivity index is 1.36. The van der Waals surface area contributed by atoms with E-state index in [0.717, 1.165) is 12.1 Å². The lowest BCUT2D eigenvalue weighted by molar-refractivity contribution is -0.130. The molecule has 1 unspecified atom stereocenters. The highest BCUT2D eigenvalue weighted by Crippen LogP contribution is 2.32. The Morgan fingerprint density at radius 2 is 1.94 bits per heavy atom. The molecule has 2 fully saturated rings. The van der Waals surface area contributed by atoms with Crippen LogP contribution in [0.5, 0.6) is 0 Å². The SMILES string of the molecule is CCC1CN(c2cc(F)c(N3CCN(C(=O)C/C=C/n4cccnc4=N)CC3)c(F)c2)C(=O)O1. The second-order valence-electron chi connectivity index (χ2n) is 8.09. The third-order valence-electron chi connectivity index (χ3n) is 5.92. The minimum atomic E-state index is -0.759. The van der Waals surface area contributed by atoms with Gasteiger partial charge in [-0.2, -0.15) is 0 Å². The molecule has 1 aromatic carbocycles. The van der Waals surface area contributed by atoms with Gasteiger partial charge in [-0.05, 0) is 12.5 Å². The van der Waals surface area contributed by atoms with Gasteiger partial charge in [0, 0.05) is 63.3 Å². The minimum Gasteiger partial charge on any atom is -0.444 e. The molecule has 0 saturated carbocycles. The fourth-order valence-corrected chi connectivity index (χ4v) is 4.03. The van der Waals surface area contributed by atoms with Crippen LogP contribution in [0.1, 0.15) is 19.8 Å². The smallest absolute Gasteiger partial charge is 0.414 e. The average molecular weight is 472 g/mol. The quantitative estimate of drug-likeness (QED) is 0.698. The number of hydrogen-bond donors (Lipinski definition) is 1. The van der Waals surface area contributed by atoms with Crippen LogP contribution in [-0.4, -0.2) is 65.3 Å². The Labute approximate surface area is 195 Å². The van der Waals surface area contributed by atoms with Gasteiger partial charge in [-0.1, -0.05) is 13.0 Å². The van der Waals surface area contributed by atoms with E-state index < -0.39 is 17.7 Å². The molecule has 0 bridgehead atoms. The van der Waals surface area contributed by atoms with Crippen LogP contribution < -0.4 is 15.4 Å². The third kappa shape index (κ3) is 4.92. The highest BCUT2D eigenvalue weighted by atomic mass is 19.1. The molecule has 2 amide bonds. The highest BCUT2D eigenvalue weighted by molar-refractivity contribution is 5.90. The molecule has 3 heterocycles. The van der Waals surface area contributed by atoms with E-state index in [0.29, 0.717) is 19.5 Å². The van der Waals surface area contributed by atoms with Crippen LogP contribution in [-0.2, 0) is 9.53 Å². The molecule has 0 radical (unpaired) electrons. The molecule has 0 spiro atoms. The van der Waals surface area contributed by atoms with E-state index in [1.165, 1.54) is 15.7 Å². The molecule has 1 aromatic heterocycles. The molecule has 4 rings (SSSR count). The number of amides is 2. The molecular formula is C23H26F2N6O3. The van der Waals surface area contributed by atoms with E-state index in [1.807, 2.05) is 6.92 Å². The summed E-state index contributed by atoms with van der Waals surface area (Å²) in [5, 5.41) is 7.69. The largest absolute Gasteiger partial charge is 0.444 e. The summed E-state index contributed by atoms with van der Waals surface area (Å²) in [7, 11) is 0.